The molecule has 72 valence electrons. The predicted molar refractivity (Wildman–Crippen MR) is 51.3 cm³/mol. The molecule has 2 heteroatoms. The highest BCUT2D eigenvalue weighted by atomic mass is 16.5. The Morgan fingerprint density at radius 2 is 2.25 bits per heavy atom. The van der Waals surface area contributed by atoms with E-state index in [1.54, 1.807) is 7.11 Å². The van der Waals surface area contributed by atoms with Crippen molar-refractivity contribution in [3.63, 3.8) is 0 Å². The Morgan fingerprint density at radius 1 is 1.50 bits per heavy atom. The summed E-state index contributed by atoms with van der Waals surface area (Å²) in [6.45, 7) is 7.97. The molecule has 0 aromatic heterocycles. The Labute approximate surface area is 75.9 Å². The van der Waals surface area contributed by atoms with Crippen LogP contribution in [0.4, 0.5) is 0 Å². The Bertz CT molecular complexity index is 125. The van der Waals surface area contributed by atoms with Crippen molar-refractivity contribution in [2.45, 2.75) is 32.7 Å². The number of likely N-dealkylation sites (tertiary alicyclic amines) is 1. The van der Waals surface area contributed by atoms with Crippen LogP contribution in [0, 0.1) is 5.92 Å². The van der Waals surface area contributed by atoms with Gasteiger partial charge < -0.3 is 4.74 Å². The summed E-state index contributed by atoms with van der Waals surface area (Å²) in [5, 5.41) is 0. The molecule has 0 unspecified atom stereocenters. The first-order valence-electron chi connectivity index (χ1n) is 4.97. The predicted octanol–water partition coefficient (Wildman–Crippen LogP) is 1.75. The van der Waals surface area contributed by atoms with Crippen LogP contribution in [-0.2, 0) is 4.74 Å². The van der Waals surface area contributed by atoms with Crippen molar-refractivity contribution in [1.82, 2.24) is 4.90 Å². The quantitative estimate of drug-likeness (QED) is 0.639. The van der Waals surface area contributed by atoms with Gasteiger partial charge in [0.2, 0.25) is 0 Å². The second kappa shape index (κ2) is 4.83. The van der Waals surface area contributed by atoms with Gasteiger partial charge in [-0.3, -0.25) is 4.90 Å². The summed E-state index contributed by atoms with van der Waals surface area (Å²) < 4.78 is 5.20. The normalized spacial score (nSPS) is 25.5. The first kappa shape index (κ1) is 10.0. The van der Waals surface area contributed by atoms with Gasteiger partial charge in [0.05, 0.1) is 6.61 Å². The van der Waals surface area contributed by atoms with Crippen LogP contribution in [-0.4, -0.2) is 37.7 Å². The minimum absolute atomic E-state index is 0.692. The molecule has 1 heterocycles. The minimum Gasteiger partial charge on any atom is -0.383 e. The molecular weight excluding hydrogens is 150 g/mol. The van der Waals surface area contributed by atoms with Gasteiger partial charge in [-0.2, -0.15) is 0 Å². The van der Waals surface area contributed by atoms with Gasteiger partial charge in [0.25, 0.3) is 0 Å². The lowest BCUT2D eigenvalue weighted by Gasteiger charge is -2.25. The third-order valence-corrected chi connectivity index (χ3v) is 2.46. The summed E-state index contributed by atoms with van der Waals surface area (Å²) in [7, 11) is 1.80. The molecule has 0 aromatic rings. The molecule has 1 fully saturated rings. The highest BCUT2D eigenvalue weighted by molar-refractivity contribution is 4.79. The fourth-order valence-electron chi connectivity index (χ4n) is 1.99. The summed E-state index contributed by atoms with van der Waals surface area (Å²) in [6, 6.07) is 0.692. The van der Waals surface area contributed by atoms with E-state index in [1.807, 2.05) is 0 Å². The zero-order valence-electron chi connectivity index (χ0n) is 8.55. The second-order valence-electron chi connectivity index (χ2n) is 4.14. The van der Waals surface area contributed by atoms with E-state index in [0.29, 0.717) is 6.04 Å². The van der Waals surface area contributed by atoms with E-state index in [2.05, 4.69) is 18.7 Å². The molecule has 2 nitrogen and oxygen atoms in total. The van der Waals surface area contributed by atoms with Crippen LogP contribution < -0.4 is 0 Å². The van der Waals surface area contributed by atoms with Crippen molar-refractivity contribution in [2.75, 3.05) is 26.8 Å². The SMILES string of the molecule is COC[C@@H]1CCCN1CC(C)C. The fourth-order valence-corrected chi connectivity index (χ4v) is 1.99. The van der Waals surface area contributed by atoms with Crippen molar-refractivity contribution in [3.05, 3.63) is 0 Å². The van der Waals surface area contributed by atoms with Crippen molar-refractivity contribution in [3.8, 4) is 0 Å². The highest BCUT2D eigenvalue weighted by Gasteiger charge is 2.24. The molecule has 1 atom stereocenters. The van der Waals surface area contributed by atoms with E-state index < -0.39 is 0 Å². The first-order chi connectivity index (χ1) is 5.74. The minimum atomic E-state index is 0.692. The van der Waals surface area contributed by atoms with Crippen LogP contribution >= 0.6 is 0 Å². The summed E-state index contributed by atoms with van der Waals surface area (Å²) in [5.74, 6) is 0.780. The number of hydrogen-bond donors (Lipinski definition) is 0. The molecule has 0 aromatic carbocycles. The maximum Gasteiger partial charge on any atom is 0.0618 e. The van der Waals surface area contributed by atoms with E-state index in [4.69, 9.17) is 4.74 Å². The molecule has 0 amide bonds. The third kappa shape index (κ3) is 2.76. The monoisotopic (exact) mass is 171 g/mol. The zero-order chi connectivity index (χ0) is 8.97. The highest BCUT2D eigenvalue weighted by Crippen LogP contribution is 2.18. The van der Waals surface area contributed by atoms with E-state index in [0.717, 1.165) is 12.5 Å². The van der Waals surface area contributed by atoms with Gasteiger partial charge >= 0.3 is 0 Å². The van der Waals surface area contributed by atoms with Crippen molar-refractivity contribution < 1.29 is 4.74 Å². The lowest BCUT2D eigenvalue weighted by Crippen LogP contribution is -2.35. The van der Waals surface area contributed by atoms with Gasteiger partial charge in [-0.25, -0.2) is 0 Å². The lowest BCUT2D eigenvalue weighted by molar-refractivity contribution is 0.109. The van der Waals surface area contributed by atoms with Crippen LogP contribution in [0.15, 0.2) is 0 Å². The van der Waals surface area contributed by atoms with Crippen LogP contribution in [0.1, 0.15) is 26.7 Å². The molecule has 0 aliphatic carbocycles. The van der Waals surface area contributed by atoms with Gasteiger partial charge in [-0.05, 0) is 25.3 Å². The molecule has 0 saturated carbocycles. The van der Waals surface area contributed by atoms with Crippen LogP contribution in [0.5, 0.6) is 0 Å². The van der Waals surface area contributed by atoms with Crippen LogP contribution in [0.3, 0.4) is 0 Å². The lowest BCUT2D eigenvalue weighted by atomic mass is 10.2. The number of ether oxygens (including phenoxy) is 1. The van der Waals surface area contributed by atoms with Gasteiger partial charge in [-0.15, -0.1) is 0 Å². The largest absolute Gasteiger partial charge is 0.383 e. The molecule has 0 bridgehead atoms. The molecule has 0 N–H and O–H groups in total. The average Bonchev–Trinajstić information content (AvgIpc) is 2.37. The molecule has 1 saturated heterocycles. The van der Waals surface area contributed by atoms with Gasteiger partial charge in [0, 0.05) is 19.7 Å². The number of rotatable bonds is 4. The molecular formula is C10H21NO. The summed E-state index contributed by atoms with van der Waals surface area (Å²) in [6.07, 6.45) is 2.67. The Morgan fingerprint density at radius 3 is 2.83 bits per heavy atom. The topological polar surface area (TPSA) is 12.5 Å². The number of methoxy groups -OCH3 is 1. The average molecular weight is 171 g/mol. The Kier molecular flexibility index (Phi) is 4.02. The van der Waals surface area contributed by atoms with Crippen LogP contribution in [0.2, 0.25) is 0 Å². The molecule has 1 aliphatic rings. The van der Waals surface area contributed by atoms with Crippen molar-refractivity contribution in [2.24, 2.45) is 5.92 Å². The van der Waals surface area contributed by atoms with E-state index in [9.17, 15) is 0 Å². The standard InChI is InChI=1S/C10H21NO/c1-9(2)7-11-6-4-5-10(11)8-12-3/h9-10H,4-8H2,1-3H3/t10-/m0/s1. The van der Waals surface area contributed by atoms with Crippen molar-refractivity contribution in [1.29, 1.82) is 0 Å². The molecule has 0 radical (unpaired) electrons. The van der Waals surface area contributed by atoms with Gasteiger partial charge in [-0.1, -0.05) is 13.8 Å². The van der Waals surface area contributed by atoms with Crippen LogP contribution in [0.25, 0.3) is 0 Å². The fraction of sp³-hybridized carbons (Fsp3) is 1.00. The Balaban J connectivity index is 2.30. The smallest absolute Gasteiger partial charge is 0.0618 e. The summed E-state index contributed by atoms with van der Waals surface area (Å²) in [5.41, 5.74) is 0. The van der Waals surface area contributed by atoms with Crippen molar-refractivity contribution >= 4 is 0 Å². The zero-order valence-corrected chi connectivity index (χ0v) is 8.55. The van der Waals surface area contributed by atoms with E-state index in [1.165, 1.54) is 25.9 Å². The molecule has 12 heavy (non-hydrogen) atoms. The summed E-state index contributed by atoms with van der Waals surface area (Å²) in [4.78, 5) is 2.56. The number of hydrogen-bond acceptors (Lipinski definition) is 2. The first-order valence-corrected chi connectivity index (χ1v) is 4.97. The Hall–Kier alpha value is -0.0800. The third-order valence-electron chi connectivity index (χ3n) is 2.46. The van der Waals surface area contributed by atoms with E-state index in [-0.39, 0.29) is 0 Å². The maximum absolute atomic E-state index is 5.20. The van der Waals surface area contributed by atoms with Gasteiger partial charge in [0.1, 0.15) is 0 Å². The second-order valence-corrected chi connectivity index (χ2v) is 4.14. The maximum atomic E-state index is 5.20. The molecule has 0 spiro atoms. The van der Waals surface area contributed by atoms with Gasteiger partial charge in [0.15, 0.2) is 0 Å². The summed E-state index contributed by atoms with van der Waals surface area (Å²) >= 11 is 0. The van der Waals surface area contributed by atoms with E-state index >= 15 is 0 Å². The number of nitrogens with zero attached hydrogens (tertiary/aromatic N) is 1. The molecule has 1 aliphatic heterocycles. The molecule has 1 rings (SSSR count).